The zero-order valence-corrected chi connectivity index (χ0v) is 26.8. The minimum absolute atomic E-state index is 0.102. The first-order valence-electron chi connectivity index (χ1n) is 15.3. The number of amides is 1. The fourth-order valence-corrected chi connectivity index (χ4v) is 7.34. The molecule has 0 bridgehead atoms. The summed E-state index contributed by atoms with van der Waals surface area (Å²) in [6, 6.07) is 8.22. The van der Waals surface area contributed by atoms with E-state index in [9.17, 15) is 9.18 Å². The van der Waals surface area contributed by atoms with E-state index >= 15 is 4.39 Å². The molecule has 7 rings (SSSR count). The van der Waals surface area contributed by atoms with Gasteiger partial charge in [0.15, 0.2) is 0 Å². The number of nitrogens with zero attached hydrogens (tertiary/aromatic N) is 5. The van der Waals surface area contributed by atoms with Gasteiger partial charge >= 0.3 is 0 Å². The number of fused-ring (bicyclic) bond motifs is 3. The molecule has 1 aromatic carbocycles. The molecule has 46 heavy (non-hydrogen) atoms. The van der Waals surface area contributed by atoms with Crippen molar-refractivity contribution in [3.8, 4) is 39.4 Å². The number of thiophene rings is 1. The fraction of sp³-hybridized carbons (Fsp3) is 0.278. The first-order valence-corrected chi connectivity index (χ1v) is 16.2. The molecule has 7 nitrogen and oxygen atoms in total. The van der Waals surface area contributed by atoms with Gasteiger partial charge in [-0.3, -0.25) is 14.8 Å². The number of ether oxygens (including phenoxy) is 1. The molecule has 0 unspecified atom stereocenters. The van der Waals surface area contributed by atoms with Gasteiger partial charge in [-0.05, 0) is 61.7 Å². The molecule has 234 valence electrons. The number of likely N-dealkylation sites (N-methyl/N-ethyl adjacent to an activating group) is 1. The minimum Gasteiger partial charge on any atom is -0.490 e. The van der Waals surface area contributed by atoms with Gasteiger partial charge in [0.2, 0.25) is 5.91 Å². The van der Waals surface area contributed by atoms with E-state index in [-0.39, 0.29) is 23.3 Å². The largest absolute Gasteiger partial charge is 0.490 e. The molecule has 2 aliphatic rings. The number of benzene rings is 1. The lowest BCUT2D eigenvalue weighted by Gasteiger charge is -2.28. The molecule has 0 saturated carbocycles. The fourth-order valence-electron chi connectivity index (χ4n) is 6.39. The zero-order valence-electron chi connectivity index (χ0n) is 25.9. The number of aromatic nitrogens is 3. The lowest BCUT2D eigenvalue weighted by atomic mass is 9.93. The molecule has 0 atom stereocenters. The number of rotatable bonds is 6. The number of halogens is 2. The van der Waals surface area contributed by atoms with Gasteiger partial charge in [0.05, 0.1) is 23.1 Å². The zero-order chi connectivity index (χ0) is 32.1. The van der Waals surface area contributed by atoms with Gasteiger partial charge in [-0.15, -0.1) is 11.3 Å². The summed E-state index contributed by atoms with van der Waals surface area (Å²) in [6.07, 6.45) is 6.10. The average Bonchev–Trinajstić information content (AvgIpc) is 3.53. The van der Waals surface area contributed by atoms with E-state index in [0.717, 1.165) is 63.7 Å². The van der Waals surface area contributed by atoms with Crippen LogP contribution in [0.2, 0.25) is 0 Å². The van der Waals surface area contributed by atoms with Crippen LogP contribution in [0.15, 0.2) is 60.8 Å². The van der Waals surface area contributed by atoms with Crippen molar-refractivity contribution in [2.24, 2.45) is 0 Å². The Morgan fingerprint density at radius 1 is 0.978 bits per heavy atom. The first-order chi connectivity index (χ1) is 22.2. The molecule has 2 aliphatic heterocycles. The second kappa shape index (κ2) is 12.0. The Balaban J connectivity index is 1.50. The molecule has 6 heterocycles. The van der Waals surface area contributed by atoms with Crippen molar-refractivity contribution < 1.29 is 18.3 Å². The molecular weight excluding hydrogens is 604 g/mol. The summed E-state index contributed by atoms with van der Waals surface area (Å²) in [7, 11) is 2.10. The first kappa shape index (κ1) is 30.1. The number of pyridine rings is 3. The van der Waals surface area contributed by atoms with Crippen LogP contribution < -0.4 is 4.74 Å². The van der Waals surface area contributed by atoms with E-state index in [1.54, 1.807) is 11.1 Å². The van der Waals surface area contributed by atoms with Gasteiger partial charge in [-0.2, -0.15) is 0 Å². The second-order valence-corrected chi connectivity index (χ2v) is 13.1. The molecule has 4 aromatic heterocycles. The third kappa shape index (κ3) is 5.45. The average molecular weight is 638 g/mol. The van der Waals surface area contributed by atoms with Crippen LogP contribution in [0.4, 0.5) is 8.78 Å². The predicted molar refractivity (Wildman–Crippen MR) is 177 cm³/mol. The molecule has 0 radical (unpaired) electrons. The number of carbonyl (C=O) groups is 1. The molecule has 0 saturated heterocycles. The summed E-state index contributed by atoms with van der Waals surface area (Å²) in [5.74, 6) is -1.51. The smallest absolute Gasteiger partial charge is 0.246 e. The third-order valence-corrected chi connectivity index (χ3v) is 9.47. The van der Waals surface area contributed by atoms with E-state index in [1.807, 2.05) is 37.6 Å². The van der Waals surface area contributed by atoms with Crippen LogP contribution in [0, 0.1) is 11.6 Å². The third-order valence-electron chi connectivity index (χ3n) is 8.54. The number of carbonyl (C=O) groups excluding carboxylic acids is 1. The summed E-state index contributed by atoms with van der Waals surface area (Å²) >= 11 is 1.46. The normalized spacial score (nSPS) is 14.8. The highest BCUT2D eigenvalue weighted by Crippen LogP contribution is 2.47. The van der Waals surface area contributed by atoms with Crippen LogP contribution in [0.25, 0.3) is 43.7 Å². The van der Waals surface area contributed by atoms with Gasteiger partial charge in [-0.1, -0.05) is 6.58 Å². The standard InChI is InChI=1S/C36H33F2N5O2S/c1-5-31(44)43-10-7-29-24(19-43)13-22(17-40-29)35-33(32-27(38)14-25(37)15-30(32)45-20(2)3)36-26(8-11-46-36)34(41-35)21-12-23-18-42(4)9-6-28(23)39-16-21/h5,8,11-17,20H,1,6-7,9-10,18-19H2,2-4H3. The SMILES string of the molecule is C=CC(=O)N1CCc2ncc(-c3nc(-c4cnc5c(c4)CN(C)CC5)c4ccsc4c3-c3c(F)cc(F)cc3OC(C)C)cc2C1. The molecule has 0 fully saturated rings. The van der Waals surface area contributed by atoms with Crippen LogP contribution >= 0.6 is 11.3 Å². The van der Waals surface area contributed by atoms with Crippen molar-refractivity contribution in [2.75, 3.05) is 20.1 Å². The quantitative estimate of drug-likeness (QED) is 0.183. The van der Waals surface area contributed by atoms with Crippen molar-refractivity contribution in [3.63, 3.8) is 0 Å². The van der Waals surface area contributed by atoms with Gasteiger partial charge < -0.3 is 14.5 Å². The summed E-state index contributed by atoms with van der Waals surface area (Å²) in [5.41, 5.74) is 7.39. The van der Waals surface area contributed by atoms with Crippen molar-refractivity contribution in [2.45, 2.75) is 45.9 Å². The number of hydrogen-bond donors (Lipinski definition) is 0. The van der Waals surface area contributed by atoms with Crippen molar-refractivity contribution in [3.05, 3.63) is 94.9 Å². The molecule has 1 amide bonds. The minimum atomic E-state index is -0.742. The van der Waals surface area contributed by atoms with Crippen molar-refractivity contribution >= 4 is 27.3 Å². The van der Waals surface area contributed by atoms with E-state index in [4.69, 9.17) is 19.7 Å². The van der Waals surface area contributed by atoms with E-state index in [0.29, 0.717) is 42.0 Å². The Bertz CT molecular complexity index is 2020. The highest BCUT2D eigenvalue weighted by molar-refractivity contribution is 7.18. The van der Waals surface area contributed by atoms with E-state index in [1.165, 1.54) is 23.5 Å². The van der Waals surface area contributed by atoms with Crippen LogP contribution in [-0.4, -0.2) is 56.9 Å². The highest BCUT2D eigenvalue weighted by Gasteiger charge is 2.28. The molecule has 0 spiro atoms. The van der Waals surface area contributed by atoms with Crippen LogP contribution in [-0.2, 0) is 30.7 Å². The lowest BCUT2D eigenvalue weighted by molar-refractivity contribution is -0.126. The summed E-state index contributed by atoms with van der Waals surface area (Å²) in [5, 5.41) is 2.79. The Hall–Kier alpha value is -4.54. The molecule has 0 N–H and O–H groups in total. The predicted octanol–water partition coefficient (Wildman–Crippen LogP) is 7.21. The molecule has 0 aliphatic carbocycles. The van der Waals surface area contributed by atoms with Gasteiger partial charge in [0, 0.05) is 102 Å². The van der Waals surface area contributed by atoms with Crippen molar-refractivity contribution in [1.29, 1.82) is 0 Å². The monoisotopic (exact) mass is 637 g/mol. The molecule has 5 aromatic rings. The van der Waals surface area contributed by atoms with Gasteiger partial charge in [-0.25, -0.2) is 13.8 Å². The Morgan fingerprint density at radius 3 is 2.39 bits per heavy atom. The Kier molecular flexibility index (Phi) is 7.86. The maximum absolute atomic E-state index is 16.1. The lowest BCUT2D eigenvalue weighted by Crippen LogP contribution is -2.35. The van der Waals surface area contributed by atoms with Crippen LogP contribution in [0.3, 0.4) is 0 Å². The maximum Gasteiger partial charge on any atom is 0.246 e. The van der Waals surface area contributed by atoms with E-state index in [2.05, 4.69) is 24.6 Å². The van der Waals surface area contributed by atoms with Crippen LogP contribution in [0.5, 0.6) is 5.75 Å². The topological polar surface area (TPSA) is 71.5 Å². The Labute approximate surface area is 270 Å². The van der Waals surface area contributed by atoms with Crippen molar-refractivity contribution in [1.82, 2.24) is 24.8 Å². The molecule has 10 heteroatoms. The maximum atomic E-state index is 16.1. The summed E-state index contributed by atoms with van der Waals surface area (Å²) in [6.45, 7) is 9.95. The number of hydrogen-bond acceptors (Lipinski definition) is 7. The highest BCUT2D eigenvalue weighted by atomic mass is 32.1. The second-order valence-electron chi connectivity index (χ2n) is 12.1. The molecular formula is C36H33F2N5O2S. The Morgan fingerprint density at radius 2 is 1.67 bits per heavy atom. The van der Waals surface area contributed by atoms with Gasteiger partial charge in [0.25, 0.3) is 0 Å². The van der Waals surface area contributed by atoms with E-state index < -0.39 is 11.6 Å². The van der Waals surface area contributed by atoms with Crippen LogP contribution in [0.1, 0.15) is 36.4 Å². The summed E-state index contributed by atoms with van der Waals surface area (Å²) < 4.78 is 37.5. The van der Waals surface area contributed by atoms with Gasteiger partial charge in [0.1, 0.15) is 17.4 Å². The summed E-state index contributed by atoms with van der Waals surface area (Å²) in [4.78, 5) is 31.4.